The lowest BCUT2D eigenvalue weighted by molar-refractivity contribution is -0.118. The SMILES string of the molecule is CCc1cc(Br)ccc1NC(=O)C(C(N)=S)C(C)C. The third-order valence-electron chi connectivity index (χ3n) is 2.96. The van der Waals surface area contributed by atoms with Gasteiger partial charge in [0.1, 0.15) is 0 Å². The van der Waals surface area contributed by atoms with Crippen molar-refractivity contribution in [3.8, 4) is 0 Å². The molecule has 3 N–H and O–H groups in total. The Balaban J connectivity index is 2.95. The van der Waals surface area contributed by atoms with Crippen LogP contribution >= 0.6 is 28.1 Å². The summed E-state index contributed by atoms with van der Waals surface area (Å²) in [6.07, 6.45) is 0.842. The van der Waals surface area contributed by atoms with Crippen LogP contribution in [0.25, 0.3) is 0 Å². The topological polar surface area (TPSA) is 55.1 Å². The molecule has 0 aliphatic carbocycles. The number of nitrogens with two attached hydrogens (primary N) is 1. The van der Waals surface area contributed by atoms with Gasteiger partial charge in [-0.3, -0.25) is 4.79 Å². The molecule has 1 rings (SSSR count). The van der Waals surface area contributed by atoms with E-state index in [0.717, 1.165) is 22.1 Å². The molecule has 1 aromatic carbocycles. The number of amides is 1. The number of anilines is 1. The Kier molecular flexibility index (Phi) is 5.94. The van der Waals surface area contributed by atoms with Gasteiger partial charge in [-0.15, -0.1) is 0 Å². The van der Waals surface area contributed by atoms with Gasteiger partial charge in [-0.1, -0.05) is 48.9 Å². The van der Waals surface area contributed by atoms with Crippen LogP contribution in [0.5, 0.6) is 0 Å². The van der Waals surface area contributed by atoms with Crippen LogP contribution in [0.4, 0.5) is 5.69 Å². The number of hydrogen-bond donors (Lipinski definition) is 2. The summed E-state index contributed by atoms with van der Waals surface area (Å²) in [7, 11) is 0. The highest BCUT2D eigenvalue weighted by Gasteiger charge is 2.25. The minimum Gasteiger partial charge on any atom is -0.393 e. The third kappa shape index (κ3) is 4.28. The van der Waals surface area contributed by atoms with Gasteiger partial charge in [0, 0.05) is 10.2 Å². The van der Waals surface area contributed by atoms with Crippen molar-refractivity contribution in [2.75, 3.05) is 5.32 Å². The summed E-state index contributed by atoms with van der Waals surface area (Å²) in [5.74, 6) is -0.499. The van der Waals surface area contributed by atoms with Crippen molar-refractivity contribution in [1.29, 1.82) is 0 Å². The van der Waals surface area contributed by atoms with Gasteiger partial charge in [-0.05, 0) is 36.1 Å². The molecule has 0 bridgehead atoms. The van der Waals surface area contributed by atoms with Crippen molar-refractivity contribution in [1.82, 2.24) is 0 Å². The van der Waals surface area contributed by atoms with E-state index in [4.69, 9.17) is 18.0 Å². The highest BCUT2D eigenvalue weighted by molar-refractivity contribution is 9.10. The molecule has 19 heavy (non-hydrogen) atoms. The molecule has 1 atom stereocenters. The van der Waals surface area contributed by atoms with Crippen LogP contribution in [0.15, 0.2) is 22.7 Å². The van der Waals surface area contributed by atoms with E-state index in [1.807, 2.05) is 39.0 Å². The lowest BCUT2D eigenvalue weighted by Crippen LogP contribution is -2.36. The minimum atomic E-state index is -0.441. The number of halogens is 1. The normalized spacial score (nSPS) is 12.3. The van der Waals surface area contributed by atoms with E-state index in [0.29, 0.717) is 0 Å². The molecule has 0 spiro atoms. The first-order valence-corrected chi connectivity index (χ1v) is 7.45. The number of nitrogens with one attached hydrogen (secondary N) is 1. The van der Waals surface area contributed by atoms with Gasteiger partial charge in [0.25, 0.3) is 0 Å². The zero-order valence-electron chi connectivity index (χ0n) is 11.4. The molecule has 0 aliphatic rings. The molecule has 0 aliphatic heterocycles. The standard InChI is InChI=1S/C14H19BrN2OS/c1-4-9-7-10(15)5-6-11(9)17-14(18)12(8(2)3)13(16)19/h5-8,12H,4H2,1-3H3,(H2,16,19)(H,17,18). The van der Waals surface area contributed by atoms with Gasteiger partial charge in [0.05, 0.1) is 10.9 Å². The van der Waals surface area contributed by atoms with Crippen molar-refractivity contribution in [2.45, 2.75) is 27.2 Å². The average Bonchev–Trinajstić information content (AvgIpc) is 2.30. The summed E-state index contributed by atoms with van der Waals surface area (Å²) in [6, 6.07) is 5.79. The molecule has 0 saturated carbocycles. The van der Waals surface area contributed by atoms with E-state index < -0.39 is 5.92 Å². The predicted octanol–water partition coefficient (Wildman–Crippen LogP) is 3.51. The summed E-state index contributed by atoms with van der Waals surface area (Å²) in [4.78, 5) is 12.5. The fraction of sp³-hybridized carbons (Fsp3) is 0.429. The van der Waals surface area contributed by atoms with Crippen molar-refractivity contribution in [2.24, 2.45) is 17.6 Å². The summed E-state index contributed by atoms with van der Waals surface area (Å²) < 4.78 is 0.997. The molecule has 1 amide bonds. The second-order valence-corrected chi connectivity index (χ2v) is 6.16. The molecule has 0 radical (unpaired) electrons. The number of carbonyl (C=O) groups excluding carboxylic acids is 1. The van der Waals surface area contributed by atoms with Gasteiger partial charge in [-0.2, -0.15) is 0 Å². The van der Waals surface area contributed by atoms with Crippen LogP contribution in [-0.2, 0) is 11.2 Å². The molecule has 104 valence electrons. The summed E-state index contributed by atoms with van der Waals surface area (Å²) in [5.41, 5.74) is 7.54. The van der Waals surface area contributed by atoms with Crippen LogP contribution < -0.4 is 11.1 Å². The van der Waals surface area contributed by atoms with Gasteiger partial charge in [0.15, 0.2) is 0 Å². The third-order valence-corrected chi connectivity index (χ3v) is 3.71. The van der Waals surface area contributed by atoms with Crippen molar-refractivity contribution >= 4 is 44.7 Å². The zero-order chi connectivity index (χ0) is 14.6. The van der Waals surface area contributed by atoms with E-state index in [1.165, 1.54) is 0 Å². The first kappa shape index (κ1) is 16.1. The Hall–Kier alpha value is -0.940. The van der Waals surface area contributed by atoms with Crippen LogP contribution in [0, 0.1) is 11.8 Å². The quantitative estimate of drug-likeness (QED) is 0.805. The summed E-state index contributed by atoms with van der Waals surface area (Å²) in [6.45, 7) is 5.92. The molecule has 0 aromatic heterocycles. The van der Waals surface area contributed by atoms with Crippen LogP contribution in [-0.4, -0.2) is 10.9 Å². The fourth-order valence-corrected chi connectivity index (χ4v) is 2.74. The molecule has 0 saturated heterocycles. The maximum atomic E-state index is 12.3. The molecule has 0 fully saturated rings. The average molecular weight is 343 g/mol. The molecular formula is C14H19BrN2OS. The van der Waals surface area contributed by atoms with Gasteiger partial charge < -0.3 is 11.1 Å². The molecule has 5 heteroatoms. The Bertz CT molecular complexity index is 488. The van der Waals surface area contributed by atoms with E-state index in [-0.39, 0.29) is 16.8 Å². The number of benzene rings is 1. The molecular weight excluding hydrogens is 324 g/mol. The van der Waals surface area contributed by atoms with Gasteiger partial charge in [0.2, 0.25) is 5.91 Å². The lowest BCUT2D eigenvalue weighted by Gasteiger charge is -2.20. The first-order chi connectivity index (χ1) is 8.86. The largest absolute Gasteiger partial charge is 0.393 e. The van der Waals surface area contributed by atoms with Gasteiger partial charge >= 0.3 is 0 Å². The molecule has 1 unspecified atom stereocenters. The Labute approximate surface area is 128 Å². The Morgan fingerprint density at radius 3 is 2.58 bits per heavy atom. The number of thiocarbonyl (C=S) groups is 1. The van der Waals surface area contributed by atoms with E-state index in [1.54, 1.807) is 0 Å². The van der Waals surface area contributed by atoms with Crippen LogP contribution in [0.1, 0.15) is 26.3 Å². The first-order valence-electron chi connectivity index (χ1n) is 6.25. The highest BCUT2D eigenvalue weighted by Crippen LogP contribution is 2.23. The lowest BCUT2D eigenvalue weighted by atomic mass is 9.94. The Morgan fingerprint density at radius 1 is 1.47 bits per heavy atom. The number of carbonyl (C=O) groups is 1. The number of aryl methyl sites for hydroxylation is 1. The summed E-state index contributed by atoms with van der Waals surface area (Å²) in [5, 5.41) is 2.92. The molecule has 0 heterocycles. The summed E-state index contributed by atoms with van der Waals surface area (Å²) >= 11 is 8.40. The second-order valence-electron chi connectivity index (χ2n) is 4.77. The van der Waals surface area contributed by atoms with E-state index in [2.05, 4.69) is 21.2 Å². The fourth-order valence-electron chi connectivity index (χ4n) is 1.95. The zero-order valence-corrected chi connectivity index (χ0v) is 13.8. The minimum absolute atomic E-state index is 0.0815. The monoisotopic (exact) mass is 342 g/mol. The number of hydrogen-bond acceptors (Lipinski definition) is 2. The maximum absolute atomic E-state index is 12.3. The van der Waals surface area contributed by atoms with E-state index >= 15 is 0 Å². The molecule has 1 aromatic rings. The smallest absolute Gasteiger partial charge is 0.234 e. The Morgan fingerprint density at radius 2 is 2.11 bits per heavy atom. The highest BCUT2D eigenvalue weighted by atomic mass is 79.9. The van der Waals surface area contributed by atoms with Crippen LogP contribution in [0.2, 0.25) is 0 Å². The van der Waals surface area contributed by atoms with E-state index in [9.17, 15) is 4.79 Å². The van der Waals surface area contributed by atoms with Crippen molar-refractivity contribution in [3.05, 3.63) is 28.2 Å². The number of rotatable bonds is 5. The predicted molar refractivity (Wildman–Crippen MR) is 87.3 cm³/mol. The van der Waals surface area contributed by atoms with Crippen molar-refractivity contribution in [3.63, 3.8) is 0 Å². The molecule has 3 nitrogen and oxygen atoms in total. The van der Waals surface area contributed by atoms with Gasteiger partial charge in [-0.25, -0.2) is 0 Å². The van der Waals surface area contributed by atoms with Crippen molar-refractivity contribution < 1.29 is 4.79 Å². The maximum Gasteiger partial charge on any atom is 0.234 e. The van der Waals surface area contributed by atoms with Crippen LogP contribution in [0.3, 0.4) is 0 Å². The second kappa shape index (κ2) is 7.01.